The van der Waals surface area contributed by atoms with Crippen LogP contribution < -0.4 is 5.14 Å². The van der Waals surface area contributed by atoms with Gasteiger partial charge in [-0.15, -0.1) is 11.3 Å². The van der Waals surface area contributed by atoms with E-state index in [-0.39, 0.29) is 11.5 Å². The van der Waals surface area contributed by atoms with Crippen molar-refractivity contribution >= 4 is 32.4 Å². The second-order valence-electron chi connectivity index (χ2n) is 3.67. The average molecular weight is 312 g/mol. The maximum Gasteiger partial charge on any atom is 0.227 e. The van der Waals surface area contributed by atoms with Gasteiger partial charge in [0, 0.05) is 16.4 Å². The van der Waals surface area contributed by atoms with Crippen molar-refractivity contribution in [1.29, 1.82) is 0 Å². The van der Waals surface area contributed by atoms with Crippen molar-refractivity contribution in [1.82, 2.24) is 0 Å². The lowest BCUT2D eigenvalue weighted by Crippen LogP contribution is -2.24. The van der Waals surface area contributed by atoms with E-state index in [0.29, 0.717) is 12.8 Å². The molecular formula is C9H14NO5S3-. The maximum atomic E-state index is 11.2. The topological polar surface area (TPSA) is 121 Å². The van der Waals surface area contributed by atoms with Crippen molar-refractivity contribution in [2.45, 2.75) is 23.8 Å². The lowest BCUT2D eigenvalue weighted by atomic mass is 10.2. The monoisotopic (exact) mass is 312 g/mol. The highest BCUT2D eigenvalue weighted by Crippen LogP contribution is 2.30. The van der Waals surface area contributed by atoms with Gasteiger partial charge in [-0.2, -0.15) is 0 Å². The predicted octanol–water partition coefficient (Wildman–Crippen LogP) is 0.229. The quantitative estimate of drug-likeness (QED) is 0.551. The van der Waals surface area contributed by atoms with Crippen LogP contribution in [-0.4, -0.2) is 28.9 Å². The Morgan fingerprint density at radius 3 is 2.61 bits per heavy atom. The van der Waals surface area contributed by atoms with Crippen molar-refractivity contribution in [3.63, 3.8) is 0 Å². The molecule has 0 aliphatic heterocycles. The largest absolute Gasteiger partial charge is 0.771 e. The van der Waals surface area contributed by atoms with E-state index in [0.717, 1.165) is 22.6 Å². The zero-order valence-electron chi connectivity index (χ0n) is 9.44. The van der Waals surface area contributed by atoms with Gasteiger partial charge in [-0.3, -0.25) is 4.21 Å². The van der Waals surface area contributed by atoms with Crippen LogP contribution in [0, 0.1) is 0 Å². The van der Waals surface area contributed by atoms with Crippen molar-refractivity contribution in [2.24, 2.45) is 5.14 Å². The van der Waals surface area contributed by atoms with Crippen LogP contribution in [0.3, 0.4) is 0 Å². The van der Waals surface area contributed by atoms with Gasteiger partial charge in [0.2, 0.25) is 10.0 Å². The summed E-state index contributed by atoms with van der Waals surface area (Å²) >= 11 is -1.70. The number of thiophene rings is 1. The molecule has 3 N–H and O–H groups in total. The number of aliphatic hydroxyl groups excluding tert-OH is 1. The van der Waals surface area contributed by atoms with Crippen LogP contribution in [0.1, 0.15) is 27.2 Å². The summed E-state index contributed by atoms with van der Waals surface area (Å²) in [4.78, 5) is 1.07. The minimum absolute atomic E-state index is 0.0998. The molecule has 0 bridgehead atoms. The Morgan fingerprint density at radius 2 is 2.11 bits per heavy atom. The molecule has 18 heavy (non-hydrogen) atoms. The number of hydrogen-bond acceptors (Lipinski definition) is 6. The molecule has 0 aliphatic rings. The van der Waals surface area contributed by atoms with Crippen LogP contribution in [0.2, 0.25) is 0 Å². The average Bonchev–Trinajstić information content (AvgIpc) is 2.64. The predicted molar refractivity (Wildman–Crippen MR) is 69.1 cm³/mol. The molecule has 9 heteroatoms. The van der Waals surface area contributed by atoms with Crippen LogP contribution >= 0.6 is 11.3 Å². The first-order valence-corrected chi connectivity index (χ1v) is 8.72. The summed E-state index contributed by atoms with van der Waals surface area (Å²) in [5.74, 6) is 0. The van der Waals surface area contributed by atoms with Crippen LogP contribution in [0.15, 0.2) is 12.1 Å². The van der Waals surface area contributed by atoms with E-state index in [1.54, 1.807) is 6.07 Å². The zero-order valence-corrected chi connectivity index (χ0v) is 11.9. The van der Waals surface area contributed by atoms with Crippen LogP contribution in [0.4, 0.5) is 0 Å². The lowest BCUT2D eigenvalue weighted by Gasteiger charge is -2.15. The highest BCUT2D eigenvalue weighted by atomic mass is 32.3. The highest BCUT2D eigenvalue weighted by Gasteiger charge is 2.26. The van der Waals surface area contributed by atoms with Crippen molar-refractivity contribution in [3.05, 3.63) is 21.9 Å². The van der Waals surface area contributed by atoms with Crippen molar-refractivity contribution < 1.29 is 22.3 Å². The van der Waals surface area contributed by atoms with Crippen LogP contribution in [0.25, 0.3) is 0 Å². The fourth-order valence-corrected chi connectivity index (χ4v) is 4.82. The molecule has 0 fully saturated rings. The maximum absolute atomic E-state index is 11.2. The standard InChI is InChI=1S/C9H15NO5S3/c10-18(14,15)9(17(12)13)8-5-4-7(16-8)3-1-2-6-11/h4-5,9,11H,1-3,6H2,(H,12,13)(H2,10,14,15)/p-1. The van der Waals surface area contributed by atoms with Crippen molar-refractivity contribution in [2.75, 3.05) is 6.61 Å². The van der Waals surface area contributed by atoms with E-state index >= 15 is 0 Å². The molecule has 2 atom stereocenters. The number of rotatable bonds is 7. The number of primary sulfonamides is 1. The summed E-state index contributed by atoms with van der Waals surface area (Å²) in [6, 6.07) is 3.15. The fourth-order valence-electron chi connectivity index (χ4n) is 1.43. The first-order chi connectivity index (χ1) is 8.36. The summed E-state index contributed by atoms with van der Waals surface area (Å²) in [5, 5.41) is 13.5. The third-order valence-corrected chi connectivity index (χ3v) is 6.46. The fraction of sp³-hybridized carbons (Fsp3) is 0.556. The molecule has 0 aliphatic carbocycles. The minimum atomic E-state index is -4.17. The van der Waals surface area contributed by atoms with E-state index in [1.165, 1.54) is 6.07 Å². The molecule has 104 valence electrons. The van der Waals surface area contributed by atoms with E-state index in [1.807, 2.05) is 0 Å². The number of sulfonamides is 1. The van der Waals surface area contributed by atoms with E-state index in [2.05, 4.69) is 0 Å². The molecule has 0 radical (unpaired) electrons. The van der Waals surface area contributed by atoms with E-state index in [4.69, 9.17) is 10.2 Å². The molecule has 1 heterocycles. The first kappa shape index (κ1) is 15.7. The Bertz CT molecular complexity index is 510. The molecular weight excluding hydrogens is 298 g/mol. The van der Waals surface area contributed by atoms with E-state index < -0.39 is 25.7 Å². The molecule has 0 saturated carbocycles. The number of unbranched alkanes of at least 4 members (excludes halogenated alkanes) is 1. The molecule has 1 rings (SSSR count). The third kappa shape index (κ3) is 4.41. The third-order valence-electron chi connectivity index (χ3n) is 2.22. The van der Waals surface area contributed by atoms with Gasteiger partial charge in [0.15, 0.2) is 4.58 Å². The highest BCUT2D eigenvalue weighted by molar-refractivity contribution is 8.02. The Kier molecular flexibility index (Phi) is 5.89. The van der Waals surface area contributed by atoms with Gasteiger partial charge in [0.25, 0.3) is 0 Å². The molecule has 1 aromatic heterocycles. The van der Waals surface area contributed by atoms with Gasteiger partial charge in [-0.25, -0.2) is 13.6 Å². The van der Waals surface area contributed by atoms with Gasteiger partial charge < -0.3 is 9.66 Å². The smallest absolute Gasteiger partial charge is 0.227 e. The van der Waals surface area contributed by atoms with Crippen molar-refractivity contribution in [3.8, 4) is 0 Å². The Balaban J connectivity index is 2.86. The summed E-state index contributed by atoms with van der Waals surface area (Å²) in [7, 11) is -4.17. The molecule has 0 aromatic carbocycles. The second kappa shape index (κ2) is 6.73. The second-order valence-corrected chi connectivity index (χ2v) is 7.81. The Morgan fingerprint density at radius 1 is 1.44 bits per heavy atom. The number of nitrogens with two attached hydrogens (primary N) is 1. The van der Waals surface area contributed by atoms with Gasteiger partial charge in [0.1, 0.15) is 0 Å². The molecule has 2 unspecified atom stereocenters. The summed E-state index contributed by atoms with van der Waals surface area (Å²) < 4.78 is 42.6. The van der Waals surface area contributed by atoms with Gasteiger partial charge in [0.05, 0.1) is 0 Å². The summed E-state index contributed by atoms with van der Waals surface area (Å²) in [6.45, 7) is 0.0998. The zero-order chi connectivity index (χ0) is 13.8. The summed E-state index contributed by atoms with van der Waals surface area (Å²) in [6.07, 6.45) is 2.09. The minimum Gasteiger partial charge on any atom is -0.771 e. The summed E-state index contributed by atoms with van der Waals surface area (Å²) in [5.41, 5.74) is 0. The van der Waals surface area contributed by atoms with Crippen LogP contribution in [-0.2, 0) is 27.5 Å². The number of hydrogen-bond donors (Lipinski definition) is 2. The Hall–Kier alpha value is -0.320. The molecule has 0 saturated heterocycles. The molecule has 0 amide bonds. The Labute approximate surface area is 112 Å². The van der Waals surface area contributed by atoms with Crippen LogP contribution in [0.5, 0.6) is 0 Å². The van der Waals surface area contributed by atoms with Gasteiger partial charge >= 0.3 is 0 Å². The number of aryl methyl sites for hydroxylation is 1. The van der Waals surface area contributed by atoms with Gasteiger partial charge in [-0.05, 0) is 42.5 Å². The van der Waals surface area contributed by atoms with E-state index in [9.17, 15) is 17.2 Å². The van der Waals surface area contributed by atoms with Gasteiger partial charge in [-0.1, -0.05) is 0 Å². The molecule has 1 aromatic rings. The first-order valence-electron chi connectivity index (χ1n) is 5.15. The molecule has 0 spiro atoms. The SMILES string of the molecule is NS(=O)(=O)C(c1ccc(CCCCO)s1)S(=O)[O-]. The molecule has 6 nitrogen and oxygen atoms in total. The normalized spacial score (nSPS) is 15.5. The lowest BCUT2D eigenvalue weighted by molar-refractivity contribution is 0.285. The number of aliphatic hydroxyl groups is 1.